The zero-order valence-corrected chi connectivity index (χ0v) is 50.3. The van der Waals surface area contributed by atoms with Gasteiger partial charge in [0.25, 0.3) is 17.7 Å². The van der Waals surface area contributed by atoms with Gasteiger partial charge < -0.3 is 35.5 Å². The highest BCUT2D eigenvalue weighted by Crippen LogP contribution is 2.38. The predicted octanol–water partition coefficient (Wildman–Crippen LogP) is 7.21. The maximum Gasteiger partial charge on any atom is 0.305 e. The van der Waals surface area contributed by atoms with Gasteiger partial charge in [-0.1, -0.05) is 47.7 Å². The van der Waals surface area contributed by atoms with Gasteiger partial charge in [0.15, 0.2) is 17.1 Å². The number of aliphatic imine (C=N–C) groups is 1. The highest BCUT2D eigenvalue weighted by molar-refractivity contribution is 7.16. The van der Waals surface area contributed by atoms with Crippen LogP contribution >= 0.6 is 56.7 Å². The lowest BCUT2D eigenvalue weighted by Crippen LogP contribution is -2.48. The highest BCUT2D eigenvalue weighted by Gasteiger charge is 2.33. The first-order valence-electron chi connectivity index (χ1n) is 25.8. The highest BCUT2D eigenvalue weighted by atomic mass is 32.1. The zero-order valence-electron chi connectivity index (χ0n) is 46.2. The van der Waals surface area contributed by atoms with Crippen molar-refractivity contribution in [1.29, 1.82) is 0 Å². The maximum absolute atomic E-state index is 14.2. The number of allylic oxidation sites excluding steroid dienone is 1. The Morgan fingerprint density at radius 3 is 2.24 bits per heavy atom. The summed E-state index contributed by atoms with van der Waals surface area (Å²) in [5.41, 5.74) is 8.18. The number of nitrogens with one attached hydrogen (secondary N) is 7. The molecule has 7 N–H and O–H groups in total. The Balaban J connectivity index is 1.20. The number of esters is 2. The van der Waals surface area contributed by atoms with Crippen molar-refractivity contribution in [3.05, 3.63) is 107 Å². The maximum atomic E-state index is 14.2. The Bertz CT molecular complexity index is 3660. The summed E-state index contributed by atoms with van der Waals surface area (Å²) in [6.07, 6.45) is 1.72. The van der Waals surface area contributed by atoms with E-state index in [0.717, 1.165) is 34.0 Å². The molecule has 0 radical (unpaired) electrons. The van der Waals surface area contributed by atoms with Crippen LogP contribution in [0.3, 0.4) is 0 Å². The Morgan fingerprint density at radius 2 is 1.50 bits per heavy atom. The summed E-state index contributed by atoms with van der Waals surface area (Å²) in [7, 11) is 4.19. The average molecular weight is 1240 g/mol. The first-order valence-corrected chi connectivity index (χ1v) is 30.0. The van der Waals surface area contributed by atoms with Crippen LogP contribution < -0.4 is 37.4 Å². The molecule has 1 aliphatic heterocycles. The van der Waals surface area contributed by atoms with E-state index in [1.807, 2.05) is 0 Å². The summed E-state index contributed by atoms with van der Waals surface area (Å²) in [6.45, 7) is 5.68. The van der Waals surface area contributed by atoms with Crippen LogP contribution in [0.15, 0.2) is 69.7 Å². The second-order valence-corrected chi connectivity index (χ2v) is 23.2. The molecule has 0 spiro atoms. The fourth-order valence-corrected chi connectivity index (χ4v) is 12.5. The molecule has 0 unspecified atom stereocenters. The van der Waals surface area contributed by atoms with Gasteiger partial charge in [0.2, 0.25) is 17.7 Å². The lowest BCUT2D eigenvalue weighted by Gasteiger charge is -2.28. The zero-order chi connectivity index (χ0) is 60.0. The third-order valence-corrected chi connectivity index (χ3v) is 17.0. The number of fused-ring (bicyclic) bond motifs is 11. The number of carbonyl (C=O) groups excluding carboxylic acids is 8. The Labute approximate surface area is 500 Å². The van der Waals surface area contributed by atoms with E-state index in [-0.39, 0.29) is 65.0 Å². The number of methoxy groups -OCH3 is 2. The van der Waals surface area contributed by atoms with Gasteiger partial charge in [-0.2, -0.15) is 0 Å². The van der Waals surface area contributed by atoms with Crippen LogP contribution in [0.25, 0.3) is 38.4 Å². The molecule has 0 saturated heterocycles. The molecule has 1 aromatic carbocycles. The smallest absolute Gasteiger partial charge is 0.305 e. The third kappa shape index (κ3) is 15.6. The topological polar surface area (TPSA) is 338 Å². The van der Waals surface area contributed by atoms with Gasteiger partial charge in [-0.05, 0) is 51.3 Å². The molecule has 6 amide bonds. The van der Waals surface area contributed by atoms with E-state index >= 15 is 0 Å². The number of unbranched alkanes of at least 4 members (excludes halogenated alkanes) is 1. The van der Waals surface area contributed by atoms with Crippen LogP contribution in [-0.2, 0) is 44.8 Å². The number of ether oxygens (including phenoxy) is 3. The number of hydrazine groups is 1. The summed E-state index contributed by atoms with van der Waals surface area (Å²) in [5.74, 6) is -4.13. The van der Waals surface area contributed by atoms with Gasteiger partial charge in [-0.15, -0.1) is 45.3 Å². The molecule has 25 nitrogen and oxygen atoms in total. The third-order valence-electron chi connectivity index (χ3n) is 12.3. The number of benzene rings is 1. The van der Waals surface area contributed by atoms with Gasteiger partial charge in [0, 0.05) is 66.2 Å². The quantitative estimate of drug-likeness (QED) is 0.0303. The SMILES string of the molecule is C/C=C1\N=C(/C)[C@H]([C@@H](OC(C)=O)c2ccccc2)NC(=O)CNC(=O)c2nc(sc2COC)NC(=O)c2nc(sc2C)[C@H](CC(=O)NC)NC(=O)c2csc(n2)-c2ccc(-c3nc(NNC(=O)CCCCC(=O)OC)cs3)nc2-c2csc1n2. The molecule has 3 atom stereocenters. The first kappa shape index (κ1) is 61.5. The molecule has 8 bridgehead atoms. The number of amides is 6. The number of rotatable bonds is 15. The molecule has 7 aromatic rings. The van der Waals surface area contributed by atoms with Crippen LogP contribution in [0.5, 0.6) is 0 Å². The number of nitrogens with zero attached hydrogens (tertiary/aromatic N) is 7. The fraction of sp³-hybridized carbons (Fsp3) is 0.315. The molecule has 0 fully saturated rings. The number of pyridine rings is 1. The van der Waals surface area contributed by atoms with Crippen molar-refractivity contribution >= 4 is 126 Å². The van der Waals surface area contributed by atoms with E-state index in [1.54, 1.807) is 85.5 Å². The molecule has 0 aliphatic carbocycles. The van der Waals surface area contributed by atoms with Crippen molar-refractivity contribution in [2.45, 2.75) is 84.6 Å². The van der Waals surface area contributed by atoms with E-state index in [4.69, 9.17) is 29.4 Å². The molecule has 438 valence electrons. The van der Waals surface area contributed by atoms with Crippen molar-refractivity contribution in [1.82, 2.24) is 56.6 Å². The molecule has 30 heteroatoms. The lowest BCUT2D eigenvalue weighted by atomic mass is 9.98. The van der Waals surface area contributed by atoms with E-state index in [1.165, 1.54) is 50.9 Å². The normalized spacial score (nSPS) is 16.5. The number of hydrogen-bond acceptors (Lipinski definition) is 24. The molecule has 7 heterocycles. The molecule has 1 aliphatic rings. The lowest BCUT2D eigenvalue weighted by molar-refractivity contribution is -0.148. The van der Waals surface area contributed by atoms with Crippen molar-refractivity contribution in [3.63, 3.8) is 0 Å². The molecular weight excluding hydrogens is 1180 g/mol. The largest absolute Gasteiger partial charge is 0.469 e. The molecule has 0 saturated carbocycles. The Morgan fingerprint density at radius 1 is 0.762 bits per heavy atom. The van der Waals surface area contributed by atoms with Gasteiger partial charge in [-0.25, -0.2) is 29.9 Å². The Hall–Kier alpha value is -8.55. The minimum absolute atomic E-state index is 0.00662. The summed E-state index contributed by atoms with van der Waals surface area (Å²) in [5, 5.41) is 20.3. The summed E-state index contributed by atoms with van der Waals surface area (Å²) in [4.78, 5) is 140. The number of thiazole rings is 5. The standard InChI is InChI=1S/C54H56N14O11S5/c1-8-31-51-60-34(23-81-51)44-30(18-19-32(58-44)52-62-37(25-82-52)67-68-38(70)16-12-13-17-41(73)78-7)50-61-35(24-80-50)47(74)59-33(20-39(71)55-5)53-64-43(27(3)83-53)49(76)66-54-65-45(36(84-54)22-77-6)48(75)56-21-40(72)63-42(26(2)57-31)46(79-28(4)69)29-14-10-9-11-15-29/h8-11,14-15,18-19,23-25,33,42,46,67H,12-13,16-17,20-22H2,1-7H3,(H,55,71)(H,56,75)(H,59,74)(H,63,72)(H,68,70)(H,65,66,76)/b31-8-,57-26+/t33-,42+,46-/m0/s1. The number of aryl methyl sites for hydroxylation is 1. The second-order valence-electron chi connectivity index (χ2n) is 18.3. The van der Waals surface area contributed by atoms with E-state index in [0.29, 0.717) is 83.1 Å². The first-order chi connectivity index (χ1) is 40.4. The van der Waals surface area contributed by atoms with Gasteiger partial charge in [0.05, 0.1) is 49.0 Å². The Kier molecular flexibility index (Phi) is 21.0. The van der Waals surface area contributed by atoms with Crippen molar-refractivity contribution < 1.29 is 52.6 Å². The fourth-order valence-electron chi connectivity index (χ4n) is 8.23. The van der Waals surface area contributed by atoms with Gasteiger partial charge in [-0.3, -0.25) is 59.5 Å². The molecule has 8 rings (SSSR count). The average Bonchev–Trinajstić information content (AvgIpc) is 3.94. The van der Waals surface area contributed by atoms with Crippen LogP contribution in [-0.4, -0.2) is 117 Å². The van der Waals surface area contributed by atoms with Gasteiger partial charge >= 0.3 is 11.9 Å². The molecule has 84 heavy (non-hydrogen) atoms. The summed E-state index contributed by atoms with van der Waals surface area (Å²) in [6, 6.07) is 10.2. The number of hydrogen-bond donors (Lipinski definition) is 7. The summed E-state index contributed by atoms with van der Waals surface area (Å²) < 4.78 is 15.9. The predicted molar refractivity (Wildman–Crippen MR) is 318 cm³/mol. The van der Waals surface area contributed by atoms with E-state index in [9.17, 15) is 38.4 Å². The van der Waals surface area contributed by atoms with E-state index < -0.39 is 60.2 Å². The van der Waals surface area contributed by atoms with Crippen LogP contribution in [0.4, 0.5) is 10.9 Å². The van der Waals surface area contributed by atoms with Crippen LogP contribution in [0.2, 0.25) is 0 Å². The summed E-state index contributed by atoms with van der Waals surface area (Å²) >= 11 is 5.72. The number of aromatic nitrogens is 6. The molecule has 6 aromatic heterocycles. The van der Waals surface area contributed by atoms with Crippen LogP contribution in [0.1, 0.15) is 122 Å². The number of anilines is 2. The molecular formula is C54H56N14O11S5. The minimum Gasteiger partial charge on any atom is -0.469 e. The second kappa shape index (κ2) is 28.6. The van der Waals surface area contributed by atoms with E-state index in [2.05, 4.69) is 57.1 Å². The van der Waals surface area contributed by atoms with Gasteiger partial charge in [0.1, 0.15) is 54.5 Å². The van der Waals surface area contributed by atoms with Crippen LogP contribution in [0, 0.1) is 6.92 Å². The number of carbonyl (C=O) groups is 8. The van der Waals surface area contributed by atoms with Crippen molar-refractivity contribution in [3.8, 4) is 32.7 Å². The van der Waals surface area contributed by atoms with Crippen molar-refractivity contribution in [2.24, 2.45) is 4.99 Å². The monoisotopic (exact) mass is 1240 g/mol. The minimum atomic E-state index is -1.11. The van der Waals surface area contributed by atoms with Crippen molar-refractivity contribution in [2.75, 3.05) is 38.6 Å².